The van der Waals surface area contributed by atoms with Crippen LogP contribution in [0.25, 0.3) is 0 Å². The quantitative estimate of drug-likeness (QED) is 0.158. The number of rotatable bonds is 10. The summed E-state index contributed by atoms with van der Waals surface area (Å²) in [5.41, 5.74) is 2.11. The highest BCUT2D eigenvalue weighted by Gasteiger charge is 1.97. The van der Waals surface area contributed by atoms with Crippen LogP contribution in [0.5, 0.6) is 0 Å². The summed E-state index contributed by atoms with van der Waals surface area (Å²) in [7, 11) is 0. The van der Waals surface area contributed by atoms with Crippen LogP contribution in [0.4, 0.5) is 0 Å². The first-order valence-electron chi connectivity index (χ1n) is 11.9. The Morgan fingerprint density at radius 3 is 1.36 bits per heavy atom. The molecule has 3 rings (SSSR count). The molecule has 1 aromatic heterocycles. The van der Waals surface area contributed by atoms with E-state index in [1.54, 1.807) is 11.3 Å². The van der Waals surface area contributed by atoms with Crippen molar-refractivity contribution in [3.63, 3.8) is 0 Å². The molecule has 0 saturated carbocycles. The molecule has 170 valence electrons. The average Bonchev–Trinajstić information content (AvgIpc) is 3.31. The zero-order valence-electron chi connectivity index (χ0n) is 19.7. The predicted octanol–water partition coefficient (Wildman–Crippen LogP) is 9.11. The van der Waals surface area contributed by atoms with Crippen molar-refractivity contribution < 1.29 is 0 Å². The number of benzene rings is 2. The molecule has 0 N–H and O–H groups in total. The van der Waals surface area contributed by atoms with Gasteiger partial charge in [0.25, 0.3) is 0 Å². The van der Waals surface area contributed by atoms with Gasteiger partial charge in [-0.2, -0.15) is 0 Å². The lowest BCUT2D eigenvalue weighted by molar-refractivity contribution is 0.778. The van der Waals surface area contributed by atoms with Gasteiger partial charge in [0.15, 0.2) is 0 Å². The van der Waals surface area contributed by atoms with E-state index in [1.807, 2.05) is 23.5 Å². The Kier molecular flexibility index (Phi) is 11.6. The molecule has 33 heavy (non-hydrogen) atoms. The Morgan fingerprint density at radius 2 is 0.970 bits per heavy atom. The van der Waals surface area contributed by atoms with E-state index in [4.69, 9.17) is 0 Å². The van der Waals surface area contributed by atoms with Crippen molar-refractivity contribution >= 4 is 34.9 Å². The summed E-state index contributed by atoms with van der Waals surface area (Å²) in [6.07, 6.45) is 7.75. The summed E-state index contributed by atoms with van der Waals surface area (Å²) < 4.78 is 0. The summed E-state index contributed by atoms with van der Waals surface area (Å²) in [4.78, 5) is 4.76. The monoisotopic (exact) mass is 488 g/mol. The fourth-order valence-electron chi connectivity index (χ4n) is 3.09. The maximum Gasteiger partial charge on any atom is 0.0785 e. The van der Waals surface area contributed by atoms with Gasteiger partial charge in [-0.25, -0.2) is 0 Å². The van der Waals surface area contributed by atoms with Crippen molar-refractivity contribution in [2.24, 2.45) is 0 Å². The molecule has 2 aromatic carbocycles. The highest BCUT2D eigenvalue weighted by Crippen LogP contribution is 2.21. The van der Waals surface area contributed by atoms with Crippen LogP contribution in [0.15, 0.2) is 70.5 Å². The zero-order chi connectivity index (χ0) is 23.1. The minimum absolute atomic E-state index is 1.05. The second-order valence-corrected chi connectivity index (χ2v) is 11.2. The molecule has 3 heteroatoms. The molecule has 0 aliphatic rings. The van der Waals surface area contributed by atoms with Crippen molar-refractivity contribution in [2.45, 2.75) is 62.2 Å². The summed E-state index contributed by atoms with van der Waals surface area (Å²) in [5.74, 6) is 15.5. The lowest BCUT2D eigenvalue weighted by atomic mass is 10.2. The predicted molar refractivity (Wildman–Crippen MR) is 150 cm³/mol. The van der Waals surface area contributed by atoms with Crippen LogP contribution in [0.1, 0.15) is 73.3 Å². The lowest BCUT2D eigenvalue weighted by Gasteiger charge is -2.00. The Bertz CT molecular complexity index is 996. The van der Waals surface area contributed by atoms with E-state index in [-0.39, 0.29) is 0 Å². The van der Waals surface area contributed by atoms with Gasteiger partial charge in [-0.1, -0.05) is 63.2 Å². The molecule has 0 atom stereocenters. The first-order chi connectivity index (χ1) is 16.3. The number of unbranched alkanes of at least 4 members (excludes halogenated alkanes) is 4. The van der Waals surface area contributed by atoms with E-state index in [1.165, 1.54) is 59.8 Å². The molecule has 0 fully saturated rings. The van der Waals surface area contributed by atoms with Crippen molar-refractivity contribution in [1.82, 2.24) is 0 Å². The molecular formula is C30H32S3. The van der Waals surface area contributed by atoms with Crippen molar-refractivity contribution in [2.75, 3.05) is 11.5 Å². The normalized spacial score (nSPS) is 10.2. The molecule has 0 spiro atoms. The van der Waals surface area contributed by atoms with Gasteiger partial charge in [-0.3, -0.25) is 0 Å². The molecule has 0 aliphatic heterocycles. The van der Waals surface area contributed by atoms with E-state index in [0.29, 0.717) is 0 Å². The molecule has 0 bridgehead atoms. The maximum absolute atomic E-state index is 3.29. The summed E-state index contributed by atoms with van der Waals surface area (Å²) >= 11 is 5.52. The van der Waals surface area contributed by atoms with Crippen LogP contribution >= 0.6 is 34.9 Å². The van der Waals surface area contributed by atoms with E-state index in [2.05, 4.69) is 98.2 Å². The zero-order valence-corrected chi connectivity index (χ0v) is 22.1. The standard InChI is InChI=1S/C30H32S3/c1-3-5-7-23-31-27-15-9-25(10-16-27)13-19-29-21-22-30(33-29)20-14-26-11-17-28(18-12-26)32-24-8-6-4-2/h9-12,15-18,21-22H,3-8,23-24H2,1-2H3. The number of thioether (sulfide) groups is 2. The van der Waals surface area contributed by atoms with Crippen LogP contribution in [0.3, 0.4) is 0 Å². The van der Waals surface area contributed by atoms with Crippen molar-refractivity contribution in [1.29, 1.82) is 0 Å². The third kappa shape index (κ3) is 9.77. The Hall–Kier alpha value is -2.04. The Balaban J connectivity index is 1.51. The topological polar surface area (TPSA) is 0 Å². The maximum atomic E-state index is 3.29. The van der Waals surface area contributed by atoms with Gasteiger partial charge in [0.2, 0.25) is 0 Å². The molecule has 0 unspecified atom stereocenters. The summed E-state index contributed by atoms with van der Waals surface area (Å²) in [5, 5.41) is 0. The first kappa shape index (κ1) is 25.6. The van der Waals surface area contributed by atoms with Gasteiger partial charge in [0.1, 0.15) is 0 Å². The van der Waals surface area contributed by atoms with E-state index in [9.17, 15) is 0 Å². The van der Waals surface area contributed by atoms with Gasteiger partial charge in [-0.05, 0) is 85.0 Å². The SMILES string of the molecule is CCCCCSc1ccc(C#Cc2ccc(C#Cc3ccc(SCCCCC)cc3)s2)cc1. The Labute approximate surface area is 213 Å². The van der Waals surface area contributed by atoms with Gasteiger partial charge < -0.3 is 0 Å². The average molecular weight is 489 g/mol. The number of thiophene rings is 1. The molecule has 0 amide bonds. The van der Waals surface area contributed by atoms with Gasteiger partial charge >= 0.3 is 0 Å². The van der Waals surface area contributed by atoms with E-state index in [0.717, 1.165) is 20.9 Å². The molecule has 0 saturated heterocycles. The smallest absolute Gasteiger partial charge is 0.0785 e. The largest absolute Gasteiger partial charge is 0.126 e. The minimum atomic E-state index is 1.05. The van der Waals surface area contributed by atoms with Crippen LogP contribution in [-0.4, -0.2) is 11.5 Å². The highest BCUT2D eigenvalue weighted by atomic mass is 32.2. The van der Waals surface area contributed by atoms with Crippen LogP contribution < -0.4 is 0 Å². The van der Waals surface area contributed by atoms with Crippen molar-refractivity contribution in [3.8, 4) is 23.7 Å². The molecule has 0 radical (unpaired) electrons. The van der Waals surface area contributed by atoms with Gasteiger partial charge in [0, 0.05) is 20.9 Å². The first-order valence-corrected chi connectivity index (χ1v) is 14.6. The van der Waals surface area contributed by atoms with Gasteiger partial charge in [-0.15, -0.1) is 34.9 Å². The Morgan fingerprint density at radius 1 is 0.545 bits per heavy atom. The molecule has 0 nitrogen and oxygen atoms in total. The minimum Gasteiger partial charge on any atom is -0.126 e. The number of hydrogen-bond acceptors (Lipinski definition) is 3. The van der Waals surface area contributed by atoms with Crippen molar-refractivity contribution in [3.05, 3.63) is 81.5 Å². The van der Waals surface area contributed by atoms with Gasteiger partial charge in [0.05, 0.1) is 9.75 Å². The summed E-state index contributed by atoms with van der Waals surface area (Å²) in [6.45, 7) is 4.49. The second-order valence-electron chi connectivity index (χ2n) is 7.82. The fraction of sp³-hybridized carbons (Fsp3) is 0.333. The lowest BCUT2D eigenvalue weighted by Crippen LogP contribution is -1.81. The van der Waals surface area contributed by atoms with Crippen LogP contribution in [-0.2, 0) is 0 Å². The van der Waals surface area contributed by atoms with E-state index >= 15 is 0 Å². The van der Waals surface area contributed by atoms with Crippen LogP contribution in [0, 0.1) is 23.7 Å². The third-order valence-electron chi connectivity index (χ3n) is 5.01. The molecule has 1 heterocycles. The highest BCUT2D eigenvalue weighted by molar-refractivity contribution is 7.99. The number of hydrogen-bond donors (Lipinski definition) is 0. The second kappa shape index (κ2) is 15.0. The molecular weight excluding hydrogens is 457 g/mol. The third-order valence-corrected chi connectivity index (χ3v) is 8.12. The molecule has 3 aromatic rings. The van der Waals surface area contributed by atoms with Crippen LogP contribution in [0.2, 0.25) is 0 Å². The van der Waals surface area contributed by atoms with E-state index < -0.39 is 0 Å². The summed E-state index contributed by atoms with van der Waals surface area (Å²) in [6, 6.07) is 21.3. The molecule has 0 aliphatic carbocycles. The fourth-order valence-corrected chi connectivity index (χ4v) is 5.63.